The minimum atomic E-state index is -0.562. The molecule has 0 bridgehead atoms. The quantitative estimate of drug-likeness (QED) is 0.826. The van der Waals surface area contributed by atoms with Gasteiger partial charge in [-0.3, -0.25) is 4.79 Å². The van der Waals surface area contributed by atoms with Gasteiger partial charge in [0.1, 0.15) is 0 Å². The molecule has 1 amide bonds. The molecule has 1 unspecified atom stereocenters. The van der Waals surface area contributed by atoms with Gasteiger partial charge in [-0.15, -0.1) is 0 Å². The molecule has 0 aliphatic rings. The smallest absolute Gasteiger partial charge is 0.249 e. The Bertz CT molecular complexity index is 300. The zero-order valence-corrected chi connectivity index (χ0v) is 10.7. The molecule has 0 aromatic heterocycles. The fourth-order valence-corrected chi connectivity index (χ4v) is 0.899. The number of carbonyl (C=O) groups is 1. The first-order chi connectivity index (χ1) is 6.24. The van der Waals surface area contributed by atoms with Gasteiger partial charge in [0.2, 0.25) is 5.91 Å². The second-order valence-electron chi connectivity index (χ2n) is 2.68. The van der Waals surface area contributed by atoms with Crippen molar-refractivity contribution >= 4 is 12.2 Å². The Hall–Kier alpha value is -0.536. The first kappa shape index (κ1) is 13.5. The van der Waals surface area contributed by atoms with Crippen LogP contribution < -0.4 is 5.32 Å². The molecule has 3 nitrogen and oxygen atoms in total. The summed E-state index contributed by atoms with van der Waals surface area (Å²) >= 11 is 0. The second-order valence-corrected chi connectivity index (χ2v) is 2.68. The van der Waals surface area contributed by atoms with E-state index >= 15 is 0 Å². The molecule has 14 heavy (non-hydrogen) atoms. The largest absolute Gasteiger partial charge is 0.540 e. The average molecular weight is 265 g/mol. The third-order valence-corrected chi connectivity index (χ3v) is 1.56. The summed E-state index contributed by atoms with van der Waals surface area (Å²) in [7, 11) is 0. The fourth-order valence-electron chi connectivity index (χ4n) is 0.899. The van der Waals surface area contributed by atoms with Crippen LogP contribution >= 0.6 is 0 Å². The molecule has 0 fully saturated rings. The molecule has 1 rings (SSSR count). The van der Waals surface area contributed by atoms with Crippen LogP contribution in [0.15, 0.2) is 30.3 Å². The van der Waals surface area contributed by atoms with Crippen LogP contribution in [0.3, 0.4) is 0 Å². The number of amides is 1. The van der Waals surface area contributed by atoms with Crippen LogP contribution in [0.4, 0.5) is 0 Å². The van der Waals surface area contributed by atoms with E-state index in [0.29, 0.717) is 5.56 Å². The summed E-state index contributed by atoms with van der Waals surface area (Å²) in [6, 6.07) is 8.17. The number of nitrogens with one attached hydrogen (secondary N) is 1. The van der Waals surface area contributed by atoms with Crippen LogP contribution in [0.5, 0.6) is 0 Å². The van der Waals surface area contributed by atoms with Gasteiger partial charge in [-0.05, 0) is 12.1 Å². The van der Waals surface area contributed by atoms with Gasteiger partial charge in [0.15, 0.2) is 0 Å². The molecular formula is C10H10NO2Y-. The van der Waals surface area contributed by atoms with Gasteiger partial charge in [0.05, 0.1) is 0 Å². The molecule has 0 aliphatic heterocycles. The predicted octanol–water partition coefficient (Wildman–Crippen LogP) is 0.912. The summed E-state index contributed by atoms with van der Waals surface area (Å²) < 4.78 is 0. The molecule has 1 aromatic carbocycles. The SMILES string of the molecule is CC([C-]=O)NC(=O)c1ccccc1.[Y]. The number of hydrogen-bond donors (Lipinski definition) is 1. The van der Waals surface area contributed by atoms with E-state index < -0.39 is 6.04 Å². The van der Waals surface area contributed by atoms with E-state index in [-0.39, 0.29) is 38.6 Å². The summed E-state index contributed by atoms with van der Waals surface area (Å²) in [5, 5.41) is 2.48. The standard InChI is InChI=1S/C10H10NO2.Y/c1-8(7-12)11-10(13)9-5-3-2-4-6-9;/h2-6,8H,1H3,(H,11,13);/q-1;. The van der Waals surface area contributed by atoms with Crippen molar-refractivity contribution in [2.24, 2.45) is 0 Å². The molecule has 1 aromatic rings. The molecule has 1 atom stereocenters. The van der Waals surface area contributed by atoms with Gasteiger partial charge in [-0.1, -0.05) is 31.2 Å². The van der Waals surface area contributed by atoms with E-state index in [2.05, 4.69) is 5.32 Å². The monoisotopic (exact) mass is 265 g/mol. The topological polar surface area (TPSA) is 46.2 Å². The molecule has 0 aliphatic carbocycles. The molecule has 1 radical (unpaired) electrons. The molecule has 0 heterocycles. The van der Waals surface area contributed by atoms with Crippen LogP contribution in [-0.4, -0.2) is 18.2 Å². The van der Waals surface area contributed by atoms with Gasteiger partial charge in [0, 0.05) is 38.3 Å². The minimum absolute atomic E-state index is 0. The maximum atomic E-state index is 11.3. The van der Waals surface area contributed by atoms with Gasteiger partial charge >= 0.3 is 0 Å². The summed E-state index contributed by atoms with van der Waals surface area (Å²) in [6.45, 7) is 1.58. The predicted molar refractivity (Wildman–Crippen MR) is 49.1 cm³/mol. The summed E-state index contributed by atoms with van der Waals surface area (Å²) in [5.41, 5.74) is 0.546. The maximum absolute atomic E-state index is 11.3. The zero-order valence-electron chi connectivity index (χ0n) is 7.86. The van der Waals surface area contributed by atoms with Gasteiger partial charge < -0.3 is 10.1 Å². The van der Waals surface area contributed by atoms with E-state index in [4.69, 9.17) is 0 Å². The zero-order chi connectivity index (χ0) is 9.68. The van der Waals surface area contributed by atoms with Crippen molar-refractivity contribution in [3.63, 3.8) is 0 Å². The molecule has 0 saturated carbocycles. The number of hydrogen-bond acceptors (Lipinski definition) is 2. The third kappa shape index (κ3) is 4.12. The van der Waals surface area contributed by atoms with E-state index in [0.717, 1.165) is 0 Å². The summed E-state index contributed by atoms with van der Waals surface area (Å²) in [5.74, 6) is -0.253. The van der Waals surface area contributed by atoms with E-state index in [1.807, 2.05) is 6.07 Å². The van der Waals surface area contributed by atoms with Crippen LogP contribution in [0.25, 0.3) is 0 Å². The van der Waals surface area contributed by atoms with Gasteiger partial charge in [-0.25, -0.2) is 6.29 Å². The van der Waals surface area contributed by atoms with Crippen LogP contribution in [0.2, 0.25) is 0 Å². The van der Waals surface area contributed by atoms with Crippen molar-refractivity contribution in [2.75, 3.05) is 0 Å². The van der Waals surface area contributed by atoms with Gasteiger partial charge in [-0.2, -0.15) is 0 Å². The number of rotatable bonds is 3. The van der Waals surface area contributed by atoms with Crippen molar-refractivity contribution in [2.45, 2.75) is 13.0 Å². The third-order valence-electron chi connectivity index (χ3n) is 1.56. The van der Waals surface area contributed by atoms with Crippen molar-refractivity contribution in [1.82, 2.24) is 5.32 Å². The Labute approximate surface area is 108 Å². The Morgan fingerprint density at radius 2 is 1.93 bits per heavy atom. The Morgan fingerprint density at radius 3 is 2.43 bits per heavy atom. The molecule has 0 spiro atoms. The minimum Gasteiger partial charge on any atom is -0.540 e. The van der Waals surface area contributed by atoms with Crippen LogP contribution in [-0.2, 0) is 37.5 Å². The average Bonchev–Trinajstić information content (AvgIpc) is 2.19. The molecule has 0 saturated heterocycles. The second kappa shape index (κ2) is 6.85. The van der Waals surface area contributed by atoms with Crippen molar-refractivity contribution in [1.29, 1.82) is 0 Å². The molecular weight excluding hydrogens is 255 g/mol. The summed E-state index contributed by atoms with van der Waals surface area (Å²) in [4.78, 5) is 21.5. The maximum Gasteiger partial charge on any atom is 0.249 e. The molecule has 71 valence electrons. The number of carbonyl (C=O) groups excluding carboxylic acids is 2. The first-order valence-corrected chi connectivity index (χ1v) is 3.97. The Balaban J connectivity index is 0.00000169. The van der Waals surface area contributed by atoms with Gasteiger partial charge in [0.25, 0.3) is 0 Å². The van der Waals surface area contributed by atoms with E-state index in [1.54, 1.807) is 37.5 Å². The first-order valence-electron chi connectivity index (χ1n) is 3.97. The Kier molecular flexibility index (Phi) is 6.59. The van der Waals surface area contributed by atoms with E-state index in [1.165, 1.54) is 0 Å². The molecule has 1 N–H and O–H groups in total. The molecule has 4 heteroatoms. The fraction of sp³-hybridized carbons (Fsp3) is 0.200. The normalized spacial score (nSPS) is 10.9. The summed E-state index contributed by atoms with van der Waals surface area (Å²) in [6.07, 6.45) is 1.68. The van der Waals surface area contributed by atoms with Crippen LogP contribution in [0, 0.1) is 0 Å². The van der Waals surface area contributed by atoms with Crippen molar-refractivity contribution < 1.29 is 42.3 Å². The van der Waals surface area contributed by atoms with E-state index in [9.17, 15) is 9.59 Å². The van der Waals surface area contributed by atoms with Crippen LogP contribution in [0.1, 0.15) is 17.3 Å². The number of benzene rings is 1. The van der Waals surface area contributed by atoms with Crippen molar-refractivity contribution in [3.8, 4) is 0 Å². The Morgan fingerprint density at radius 1 is 1.36 bits per heavy atom. The van der Waals surface area contributed by atoms with Crippen molar-refractivity contribution in [3.05, 3.63) is 35.9 Å².